The van der Waals surface area contributed by atoms with Gasteiger partial charge in [-0.15, -0.1) is 0 Å². The van der Waals surface area contributed by atoms with Crippen LogP contribution in [0.3, 0.4) is 0 Å². The van der Waals surface area contributed by atoms with E-state index in [4.69, 9.17) is 4.74 Å². The second-order valence-corrected chi connectivity index (χ2v) is 5.05. The number of ether oxygens (including phenoxy) is 1. The third kappa shape index (κ3) is 3.47. The van der Waals surface area contributed by atoms with Crippen LogP contribution >= 0.6 is 0 Å². The summed E-state index contributed by atoms with van der Waals surface area (Å²) in [6.45, 7) is 1.69. The fourth-order valence-electron chi connectivity index (χ4n) is 2.67. The highest BCUT2D eigenvalue weighted by molar-refractivity contribution is 5.32. The van der Waals surface area contributed by atoms with Crippen LogP contribution in [0.25, 0.3) is 0 Å². The summed E-state index contributed by atoms with van der Waals surface area (Å²) in [6, 6.07) is 8.05. The third-order valence-electron chi connectivity index (χ3n) is 3.78. The Balaban J connectivity index is 1.80. The van der Waals surface area contributed by atoms with Crippen LogP contribution in [0.2, 0.25) is 0 Å². The molecule has 0 heterocycles. The molecule has 3 nitrogen and oxygen atoms in total. The van der Waals surface area contributed by atoms with Gasteiger partial charge in [0.05, 0.1) is 13.2 Å². The van der Waals surface area contributed by atoms with Crippen molar-refractivity contribution in [3.8, 4) is 5.75 Å². The van der Waals surface area contributed by atoms with E-state index in [9.17, 15) is 5.11 Å². The lowest BCUT2D eigenvalue weighted by atomic mass is 9.86. The van der Waals surface area contributed by atoms with Gasteiger partial charge in [0.25, 0.3) is 0 Å². The summed E-state index contributed by atoms with van der Waals surface area (Å²) in [4.78, 5) is 0. The van der Waals surface area contributed by atoms with Crippen molar-refractivity contribution >= 4 is 0 Å². The van der Waals surface area contributed by atoms with Crippen molar-refractivity contribution in [2.75, 3.05) is 13.7 Å². The Morgan fingerprint density at radius 2 is 2.06 bits per heavy atom. The van der Waals surface area contributed by atoms with E-state index in [1.165, 1.54) is 18.4 Å². The number of benzene rings is 1. The Kier molecular flexibility index (Phi) is 5.02. The van der Waals surface area contributed by atoms with Crippen LogP contribution in [0.1, 0.15) is 31.2 Å². The van der Waals surface area contributed by atoms with Crippen LogP contribution in [0.15, 0.2) is 24.3 Å². The molecule has 0 aromatic heterocycles. The van der Waals surface area contributed by atoms with E-state index in [2.05, 4.69) is 11.4 Å². The van der Waals surface area contributed by atoms with Crippen LogP contribution in [-0.2, 0) is 6.54 Å². The van der Waals surface area contributed by atoms with Crippen molar-refractivity contribution in [2.24, 2.45) is 5.92 Å². The lowest BCUT2D eigenvalue weighted by Gasteiger charge is -2.27. The monoisotopic (exact) mass is 249 g/mol. The van der Waals surface area contributed by atoms with Crippen molar-refractivity contribution in [2.45, 2.75) is 38.3 Å². The van der Waals surface area contributed by atoms with E-state index < -0.39 is 0 Å². The zero-order chi connectivity index (χ0) is 12.8. The molecule has 0 radical (unpaired) electrons. The highest BCUT2D eigenvalue weighted by Gasteiger charge is 2.22. The number of aliphatic hydroxyl groups is 1. The fraction of sp³-hybridized carbons (Fsp3) is 0.600. The van der Waals surface area contributed by atoms with Crippen LogP contribution < -0.4 is 10.1 Å². The van der Waals surface area contributed by atoms with Crippen LogP contribution in [0.4, 0.5) is 0 Å². The Morgan fingerprint density at radius 1 is 1.28 bits per heavy atom. The first-order valence-electron chi connectivity index (χ1n) is 6.82. The van der Waals surface area contributed by atoms with Gasteiger partial charge in [0.2, 0.25) is 0 Å². The van der Waals surface area contributed by atoms with E-state index >= 15 is 0 Å². The molecule has 2 unspecified atom stereocenters. The number of methoxy groups -OCH3 is 1. The summed E-state index contributed by atoms with van der Waals surface area (Å²) in [7, 11) is 1.70. The number of nitrogens with one attached hydrogen (secondary N) is 1. The van der Waals surface area contributed by atoms with Gasteiger partial charge in [-0.1, -0.05) is 31.0 Å². The van der Waals surface area contributed by atoms with Gasteiger partial charge in [-0.3, -0.25) is 0 Å². The number of rotatable bonds is 5. The van der Waals surface area contributed by atoms with Gasteiger partial charge in [-0.05, 0) is 24.8 Å². The standard InChI is InChI=1S/C15H23NO2/c1-18-15-9-5-3-7-13(15)11-16-10-12-6-2-4-8-14(12)17/h3,5,7,9,12,14,16-17H,2,4,6,8,10-11H2,1H3. The molecule has 1 aliphatic carbocycles. The summed E-state index contributed by atoms with van der Waals surface area (Å²) in [5, 5.41) is 13.3. The predicted molar refractivity (Wildman–Crippen MR) is 72.7 cm³/mol. The molecule has 1 aromatic carbocycles. The van der Waals surface area contributed by atoms with E-state index in [-0.39, 0.29) is 6.10 Å². The molecule has 0 bridgehead atoms. The SMILES string of the molecule is COc1ccccc1CNCC1CCCCC1O. The zero-order valence-corrected chi connectivity index (χ0v) is 11.1. The molecule has 2 atom stereocenters. The number of hydrogen-bond donors (Lipinski definition) is 2. The van der Waals surface area contributed by atoms with Gasteiger partial charge in [-0.2, -0.15) is 0 Å². The van der Waals surface area contributed by atoms with E-state index in [1.54, 1.807) is 7.11 Å². The topological polar surface area (TPSA) is 41.5 Å². The Labute approximate surface area is 109 Å². The number of aliphatic hydroxyl groups excluding tert-OH is 1. The minimum Gasteiger partial charge on any atom is -0.496 e. The third-order valence-corrected chi connectivity index (χ3v) is 3.78. The molecule has 2 N–H and O–H groups in total. The molecule has 0 amide bonds. The molecule has 3 heteroatoms. The highest BCUT2D eigenvalue weighted by Crippen LogP contribution is 2.24. The van der Waals surface area contributed by atoms with Crippen LogP contribution in [-0.4, -0.2) is 24.9 Å². The number of hydrogen-bond acceptors (Lipinski definition) is 3. The lowest BCUT2D eigenvalue weighted by Crippen LogP contribution is -2.33. The molecule has 100 valence electrons. The average Bonchev–Trinajstić information content (AvgIpc) is 2.41. The minimum atomic E-state index is -0.121. The quantitative estimate of drug-likeness (QED) is 0.841. The lowest BCUT2D eigenvalue weighted by molar-refractivity contribution is 0.0695. The van der Waals surface area contributed by atoms with E-state index in [0.717, 1.165) is 31.7 Å². The van der Waals surface area contributed by atoms with Crippen LogP contribution in [0, 0.1) is 5.92 Å². The molecular formula is C15H23NO2. The summed E-state index contributed by atoms with van der Waals surface area (Å²) < 4.78 is 5.32. The molecule has 18 heavy (non-hydrogen) atoms. The molecule has 1 fully saturated rings. The molecule has 2 rings (SSSR count). The first kappa shape index (κ1) is 13.4. The maximum atomic E-state index is 9.90. The second kappa shape index (κ2) is 6.76. The van der Waals surface area contributed by atoms with E-state index in [0.29, 0.717) is 5.92 Å². The highest BCUT2D eigenvalue weighted by atomic mass is 16.5. The minimum absolute atomic E-state index is 0.121. The molecule has 0 saturated heterocycles. The van der Waals surface area contributed by atoms with Gasteiger partial charge in [-0.25, -0.2) is 0 Å². The maximum Gasteiger partial charge on any atom is 0.123 e. The smallest absolute Gasteiger partial charge is 0.123 e. The first-order chi connectivity index (χ1) is 8.81. The van der Waals surface area contributed by atoms with Gasteiger partial charge in [0, 0.05) is 18.7 Å². The summed E-state index contributed by atoms with van der Waals surface area (Å²) in [5.41, 5.74) is 1.17. The molecule has 0 aliphatic heterocycles. The zero-order valence-electron chi connectivity index (χ0n) is 11.1. The molecule has 1 saturated carbocycles. The summed E-state index contributed by atoms with van der Waals surface area (Å²) >= 11 is 0. The first-order valence-corrected chi connectivity index (χ1v) is 6.82. The second-order valence-electron chi connectivity index (χ2n) is 5.05. The van der Waals surface area contributed by atoms with Gasteiger partial charge < -0.3 is 15.2 Å². The van der Waals surface area contributed by atoms with Crippen molar-refractivity contribution in [1.82, 2.24) is 5.32 Å². The van der Waals surface area contributed by atoms with Gasteiger partial charge >= 0.3 is 0 Å². The molecule has 1 aromatic rings. The maximum absolute atomic E-state index is 9.90. The van der Waals surface area contributed by atoms with Crippen LogP contribution in [0.5, 0.6) is 5.75 Å². The largest absolute Gasteiger partial charge is 0.496 e. The van der Waals surface area contributed by atoms with Crippen molar-refractivity contribution in [1.29, 1.82) is 0 Å². The number of para-hydroxylation sites is 1. The molecule has 0 spiro atoms. The predicted octanol–water partition coefficient (Wildman–Crippen LogP) is 2.34. The van der Waals surface area contributed by atoms with Gasteiger partial charge in [0.15, 0.2) is 0 Å². The van der Waals surface area contributed by atoms with Crippen molar-refractivity contribution in [3.05, 3.63) is 29.8 Å². The van der Waals surface area contributed by atoms with Gasteiger partial charge in [0.1, 0.15) is 5.75 Å². The Morgan fingerprint density at radius 3 is 2.83 bits per heavy atom. The summed E-state index contributed by atoms with van der Waals surface area (Å²) in [5.74, 6) is 1.34. The normalized spacial score (nSPS) is 23.9. The average molecular weight is 249 g/mol. The molecule has 1 aliphatic rings. The Hall–Kier alpha value is -1.06. The van der Waals surface area contributed by atoms with Crippen molar-refractivity contribution in [3.63, 3.8) is 0 Å². The van der Waals surface area contributed by atoms with E-state index in [1.807, 2.05) is 18.2 Å². The summed E-state index contributed by atoms with van der Waals surface area (Å²) in [6.07, 6.45) is 4.40. The molecular weight excluding hydrogens is 226 g/mol. The van der Waals surface area contributed by atoms with Crippen molar-refractivity contribution < 1.29 is 9.84 Å². The Bertz CT molecular complexity index is 367. The fourth-order valence-corrected chi connectivity index (χ4v) is 2.67.